The first-order valence-corrected chi connectivity index (χ1v) is 9.39. The first-order valence-electron chi connectivity index (χ1n) is 7.95. The zero-order chi connectivity index (χ0) is 16.6. The Morgan fingerprint density at radius 2 is 2.21 bits per heavy atom. The van der Waals surface area contributed by atoms with E-state index in [4.69, 9.17) is 9.47 Å². The SMILES string of the molecule is O=S(=O)(c1ccc2c(c1)CCO2)N1CC[C@H](Oc2cccnc2)C1. The zero-order valence-corrected chi connectivity index (χ0v) is 13.9. The molecule has 0 saturated carbocycles. The molecule has 0 radical (unpaired) electrons. The molecule has 2 aromatic rings. The number of pyridine rings is 1. The van der Waals surface area contributed by atoms with Gasteiger partial charge in [0.1, 0.15) is 17.6 Å². The van der Waals surface area contributed by atoms with E-state index < -0.39 is 10.0 Å². The maximum atomic E-state index is 12.8. The highest BCUT2D eigenvalue weighted by Gasteiger charge is 2.34. The van der Waals surface area contributed by atoms with E-state index in [1.54, 1.807) is 36.7 Å². The van der Waals surface area contributed by atoms with Gasteiger partial charge in [-0.05, 0) is 42.3 Å². The molecule has 1 aromatic carbocycles. The van der Waals surface area contributed by atoms with Crippen molar-refractivity contribution >= 4 is 10.0 Å². The van der Waals surface area contributed by atoms with Crippen molar-refractivity contribution in [1.29, 1.82) is 0 Å². The number of aromatic nitrogens is 1. The van der Waals surface area contributed by atoms with Crippen LogP contribution in [0.3, 0.4) is 0 Å². The van der Waals surface area contributed by atoms with Gasteiger partial charge in [-0.1, -0.05) is 0 Å². The van der Waals surface area contributed by atoms with Crippen LogP contribution < -0.4 is 9.47 Å². The van der Waals surface area contributed by atoms with E-state index in [0.717, 1.165) is 17.7 Å². The summed E-state index contributed by atoms with van der Waals surface area (Å²) in [7, 11) is -3.50. The number of benzene rings is 1. The monoisotopic (exact) mass is 346 g/mol. The average Bonchev–Trinajstić information content (AvgIpc) is 3.24. The molecule has 0 amide bonds. The van der Waals surface area contributed by atoms with Crippen LogP contribution in [0.25, 0.3) is 0 Å². The molecule has 126 valence electrons. The largest absolute Gasteiger partial charge is 0.493 e. The van der Waals surface area contributed by atoms with E-state index in [2.05, 4.69) is 4.98 Å². The van der Waals surface area contributed by atoms with Crippen molar-refractivity contribution in [3.05, 3.63) is 48.3 Å². The number of ether oxygens (including phenoxy) is 2. The van der Waals surface area contributed by atoms with Gasteiger partial charge >= 0.3 is 0 Å². The summed E-state index contributed by atoms with van der Waals surface area (Å²) >= 11 is 0. The normalized spacial score (nSPS) is 20.6. The highest BCUT2D eigenvalue weighted by molar-refractivity contribution is 7.89. The molecule has 7 heteroatoms. The second-order valence-electron chi connectivity index (χ2n) is 5.95. The maximum absolute atomic E-state index is 12.8. The lowest BCUT2D eigenvalue weighted by Gasteiger charge is -2.17. The number of nitrogens with zero attached hydrogens (tertiary/aromatic N) is 2. The molecular weight excluding hydrogens is 328 g/mol. The highest BCUT2D eigenvalue weighted by Crippen LogP contribution is 2.30. The second kappa shape index (κ2) is 6.07. The van der Waals surface area contributed by atoms with Crippen molar-refractivity contribution < 1.29 is 17.9 Å². The van der Waals surface area contributed by atoms with Crippen molar-refractivity contribution in [1.82, 2.24) is 9.29 Å². The first-order chi connectivity index (χ1) is 11.6. The number of rotatable bonds is 4. The van der Waals surface area contributed by atoms with Crippen molar-refractivity contribution in [3.8, 4) is 11.5 Å². The van der Waals surface area contributed by atoms with Crippen molar-refractivity contribution in [2.75, 3.05) is 19.7 Å². The number of hydrogen-bond donors (Lipinski definition) is 0. The Balaban J connectivity index is 1.49. The van der Waals surface area contributed by atoms with Gasteiger partial charge in [-0.15, -0.1) is 0 Å². The molecular formula is C17H18N2O4S. The average molecular weight is 346 g/mol. The smallest absolute Gasteiger partial charge is 0.243 e. The number of sulfonamides is 1. The molecule has 1 aromatic heterocycles. The van der Waals surface area contributed by atoms with Crippen LogP contribution in [0, 0.1) is 0 Å². The summed E-state index contributed by atoms with van der Waals surface area (Å²) < 4.78 is 38.5. The predicted molar refractivity (Wildman–Crippen MR) is 87.7 cm³/mol. The van der Waals surface area contributed by atoms with Crippen LogP contribution in [-0.2, 0) is 16.4 Å². The summed E-state index contributed by atoms with van der Waals surface area (Å²) in [6.07, 6.45) is 4.59. The predicted octanol–water partition coefficient (Wildman–Crippen LogP) is 1.86. The highest BCUT2D eigenvalue weighted by atomic mass is 32.2. The molecule has 2 aliphatic rings. The van der Waals surface area contributed by atoms with Crippen LogP contribution in [0.15, 0.2) is 47.6 Å². The molecule has 0 unspecified atom stereocenters. The Labute approximate surface area is 141 Å². The van der Waals surface area contributed by atoms with Crippen molar-refractivity contribution in [3.63, 3.8) is 0 Å². The van der Waals surface area contributed by atoms with Gasteiger partial charge < -0.3 is 9.47 Å². The Morgan fingerprint density at radius 3 is 3.04 bits per heavy atom. The van der Waals surface area contributed by atoms with Gasteiger partial charge in [-0.3, -0.25) is 4.98 Å². The molecule has 4 rings (SSSR count). The van der Waals surface area contributed by atoms with E-state index >= 15 is 0 Å². The van der Waals surface area contributed by atoms with Crippen LogP contribution in [0.2, 0.25) is 0 Å². The van der Waals surface area contributed by atoms with Crippen LogP contribution in [0.4, 0.5) is 0 Å². The molecule has 1 fully saturated rings. The topological polar surface area (TPSA) is 68.7 Å². The van der Waals surface area contributed by atoms with Gasteiger partial charge in [-0.25, -0.2) is 8.42 Å². The van der Waals surface area contributed by atoms with E-state index in [0.29, 0.717) is 36.8 Å². The van der Waals surface area contributed by atoms with Crippen molar-refractivity contribution in [2.45, 2.75) is 23.8 Å². The minimum absolute atomic E-state index is 0.151. The third-order valence-electron chi connectivity index (χ3n) is 4.34. The quantitative estimate of drug-likeness (QED) is 0.845. The van der Waals surface area contributed by atoms with Crippen molar-refractivity contribution in [2.24, 2.45) is 0 Å². The van der Waals surface area contributed by atoms with Gasteiger partial charge in [0.2, 0.25) is 10.0 Å². The lowest BCUT2D eigenvalue weighted by molar-refractivity contribution is 0.214. The van der Waals surface area contributed by atoms with Gasteiger partial charge in [0.05, 0.1) is 24.2 Å². The summed E-state index contributed by atoms with van der Waals surface area (Å²) in [6.45, 7) is 1.43. The molecule has 2 aliphatic heterocycles. The Hall–Kier alpha value is -2.12. The standard InChI is InChI=1S/C17H18N2O4S/c20-24(21,16-3-4-17-13(10-16)6-9-22-17)19-8-5-15(12-19)23-14-2-1-7-18-11-14/h1-4,7,10-11,15H,5-6,8-9,12H2/t15-/m0/s1. The van der Waals surface area contributed by atoms with Gasteiger partial charge in [0.25, 0.3) is 0 Å². The second-order valence-corrected chi connectivity index (χ2v) is 7.89. The minimum atomic E-state index is -3.50. The molecule has 0 aliphatic carbocycles. The van der Waals surface area contributed by atoms with E-state index in [-0.39, 0.29) is 6.10 Å². The third kappa shape index (κ3) is 2.85. The van der Waals surface area contributed by atoms with Gasteiger partial charge in [0.15, 0.2) is 0 Å². The summed E-state index contributed by atoms with van der Waals surface area (Å²) in [5.74, 6) is 1.45. The fourth-order valence-corrected chi connectivity index (χ4v) is 4.63. The molecule has 0 N–H and O–H groups in total. The van der Waals surface area contributed by atoms with E-state index in [1.807, 2.05) is 6.07 Å². The molecule has 1 atom stereocenters. The Morgan fingerprint density at radius 1 is 1.29 bits per heavy atom. The summed E-state index contributed by atoms with van der Waals surface area (Å²) in [6, 6.07) is 8.72. The molecule has 3 heterocycles. The molecule has 6 nitrogen and oxygen atoms in total. The first kappa shape index (κ1) is 15.4. The van der Waals surface area contributed by atoms with Crippen LogP contribution in [-0.4, -0.2) is 43.5 Å². The van der Waals surface area contributed by atoms with Crippen LogP contribution >= 0.6 is 0 Å². The van der Waals surface area contributed by atoms with Crippen LogP contribution in [0.1, 0.15) is 12.0 Å². The minimum Gasteiger partial charge on any atom is -0.493 e. The number of fused-ring (bicyclic) bond motifs is 1. The zero-order valence-electron chi connectivity index (χ0n) is 13.1. The van der Waals surface area contributed by atoms with E-state index in [1.165, 1.54) is 4.31 Å². The Kier molecular flexibility index (Phi) is 3.90. The molecule has 0 spiro atoms. The molecule has 24 heavy (non-hydrogen) atoms. The van der Waals surface area contributed by atoms with Crippen LogP contribution in [0.5, 0.6) is 11.5 Å². The molecule has 1 saturated heterocycles. The fraction of sp³-hybridized carbons (Fsp3) is 0.353. The number of hydrogen-bond acceptors (Lipinski definition) is 5. The lowest BCUT2D eigenvalue weighted by atomic mass is 10.2. The Bertz CT molecular complexity index is 839. The van der Waals surface area contributed by atoms with Gasteiger partial charge in [0, 0.05) is 19.2 Å². The lowest BCUT2D eigenvalue weighted by Crippen LogP contribution is -2.31. The maximum Gasteiger partial charge on any atom is 0.243 e. The van der Waals surface area contributed by atoms with Gasteiger partial charge in [-0.2, -0.15) is 4.31 Å². The summed E-state index contributed by atoms with van der Waals surface area (Å²) in [4.78, 5) is 4.33. The molecule has 0 bridgehead atoms. The summed E-state index contributed by atoms with van der Waals surface area (Å²) in [5, 5.41) is 0. The third-order valence-corrected chi connectivity index (χ3v) is 6.20. The summed E-state index contributed by atoms with van der Waals surface area (Å²) in [5.41, 5.74) is 0.957. The fourth-order valence-electron chi connectivity index (χ4n) is 3.09. The van der Waals surface area contributed by atoms with E-state index in [9.17, 15) is 8.42 Å².